The van der Waals surface area contributed by atoms with Gasteiger partial charge < -0.3 is 9.73 Å². The second-order valence-corrected chi connectivity index (χ2v) is 11.6. The number of halogens is 1. The van der Waals surface area contributed by atoms with Gasteiger partial charge in [0.15, 0.2) is 0 Å². The molecule has 0 aliphatic heterocycles. The molecule has 3 aromatic carbocycles. The third kappa shape index (κ3) is 5.20. The fraction of sp³-hybridized carbons (Fsp3) is 0.192. The summed E-state index contributed by atoms with van der Waals surface area (Å²) in [6.45, 7) is 6.83. The number of hydrogen-bond acceptors (Lipinski definition) is 5. The molecule has 4 aromatic rings. The lowest BCUT2D eigenvalue weighted by atomic mass is 9.87. The van der Waals surface area contributed by atoms with E-state index in [1.165, 1.54) is 5.56 Å². The average Bonchev–Trinajstić information content (AvgIpc) is 3.23. The van der Waals surface area contributed by atoms with E-state index in [9.17, 15) is 8.42 Å². The van der Waals surface area contributed by atoms with Gasteiger partial charge in [0.25, 0.3) is 0 Å². The highest BCUT2D eigenvalue weighted by Crippen LogP contribution is 2.34. The number of anilines is 1. The average molecular weight is 525 g/mol. The Labute approximate surface area is 202 Å². The molecule has 1 aromatic heterocycles. The largest absolute Gasteiger partial charge is 0.419 e. The number of benzene rings is 3. The number of nitrogens with one attached hydrogen (secondary N) is 1. The van der Waals surface area contributed by atoms with Crippen molar-refractivity contribution >= 4 is 31.7 Å². The van der Waals surface area contributed by atoms with Gasteiger partial charge in [0.1, 0.15) is 0 Å². The molecule has 0 unspecified atom stereocenters. The third-order valence-corrected chi connectivity index (χ3v) is 7.48. The molecule has 0 atom stereocenters. The fourth-order valence-electron chi connectivity index (χ4n) is 3.34. The number of aromatic nitrogens is 1. The number of nitrogens with zero attached hydrogens (tertiary/aromatic N) is 1. The highest BCUT2D eigenvalue weighted by atomic mass is 79.9. The Balaban J connectivity index is 1.75. The summed E-state index contributed by atoms with van der Waals surface area (Å²) in [4.78, 5) is 4.58. The molecule has 0 aliphatic rings. The predicted molar refractivity (Wildman–Crippen MR) is 134 cm³/mol. The Morgan fingerprint density at radius 2 is 1.55 bits per heavy atom. The van der Waals surface area contributed by atoms with E-state index in [1.807, 2.05) is 54.6 Å². The smallest absolute Gasteiger partial charge is 0.234 e. The molecule has 4 rings (SSSR count). The van der Waals surface area contributed by atoms with E-state index in [0.29, 0.717) is 12.1 Å². The second-order valence-electron chi connectivity index (χ2n) is 8.78. The van der Waals surface area contributed by atoms with Gasteiger partial charge in [-0.25, -0.2) is 8.42 Å². The summed E-state index contributed by atoms with van der Waals surface area (Å²) in [6.07, 6.45) is 0. The Morgan fingerprint density at radius 3 is 2.15 bits per heavy atom. The van der Waals surface area contributed by atoms with Crippen molar-refractivity contribution in [2.24, 2.45) is 0 Å². The number of hydrogen-bond donors (Lipinski definition) is 1. The van der Waals surface area contributed by atoms with Gasteiger partial charge in [-0.3, -0.25) is 0 Å². The fourth-order valence-corrected chi connectivity index (χ4v) is 4.88. The Morgan fingerprint density at radius 1 is 0.909 bits per heavy atom. The normalized spacial score (nSPS) is 12.0. The van der Waals surface area contributed by atoms with Gasteiger partial charge >= 0.3 is 0 Å². The lowest BCUT2D eigenvalue weighted by Crippen LogP contribution is -2.10. The summed E-state index contributed by atoms with van der Waals surface area (Å²) in [6, 6.07) is 24.0. The van der Waals surface area contributed by atoms with Crippen molar-refractivity contribution < 1.29 is 12.8 Å². The summed E-state index contributed by atoms with van der Waals surface area (Å²) in [5, 5.41) is 3.00. The molecule has 0 fully saturated rings. The lowest BCUT2D eigenvalue weighted by Gasteiger charge is -2.18. The summed E-state index contributed by atoms with van der Waals surface area (Å²) in [5.74, 6) is 0.373. The van der Waals surface area contributed by atoms with E-state index < -0.39 is 9.84 Å². The number of oxazole rings is 1. The van der Waals surface area contributed by atoms with Crippen LogP contribution in [0.25, 0.3) is 11.5 Å². The van der Waals surface area contributed by atoms with Crippen LogP contribution in [0, 0.1) is 0 Å². The minimum atomic E-state index is -3.90. The van der Waals surface area contributed by atoms with Crippen LogP contribution >= 0.6 is 15.9 Å². The van der Waals surface area contributed by atoms with E-state index >= 15 is 0 Å². The van der Waals surface area contributed by atoms with Crippen LogP contribution in [0.5, 0.6) is 0 Å². The van der Waals surface area contributed by atoms with Crippen LogP contribution in [0.2, 0.25) is 0 Å². The maximum Gasteiger partial charge on any atom is 0.234 e. The molecule has 7 heteroatoms. The first-order chi connectivity index (χ1) is 15.6. The Kier molecular flexibility index (Phi) is 6.45. The molecular weight excluding hydrogens is 500 g/mol. The van der Waals surface area contributed by atoms with Crippen molar-refractivity contribution in [3.8, 4) is 11.5 Å². The molecule has 33 heavy (non-hydrogen) atoms. The second kappa shape index (κ2) is 9.15. The number of sulfone groups is 1. The van der Waals surface area contributed by atoms with Crippen molar-refractivity contribution in [3.63, 3.8) is 0 Å². The van der Waals surface area contributed by atoms with Crippen LogP contribution in [0.3, 0.4) is 0 Å². The van der Waals surface area contributed by atoms with Crippen LogP contribution < -0.4 is 5.32 Å². The first kappa shape index (κ1) is 23.3. The first-order valence-electron chi connectivity index (χ1n) is 10.5. The SMILES string of the molecule is CC(C)(C)c1ccc(-c2nc(S(=O)(=O)c3ccc(Br)cc3)c(NCc3ccccc3)o2)cc1. The first-order valence-corrected chi connectivity index (χ1v) is 12.8. The van der Waals surface area contributed by atoms with Crippen molar-refractivity contribution in [3.05, 3.63) is 94.5 Å². The van der Waals surface area contributed by atoms with Gasteiger partial charge in [0, 0.05) is 16.6 Å². The van der Waals surface area contributed by atoms with Crippen molar-refractivity contribution in [2.45, 2.75) is 42.7 Å². The van der Waals surface area contributed by atoms with Gasteiger partial charge in [0.2, 0.25) is 26.6 Å². The molecule has 0 saturated carbocycles. The van der Waals surface area contributed by atoms with Crippen molar-refractivity contribution in [2.75, 3.05) is 5.32 Å². The summed E-state index contributed by atoms with van der Waals surface area (Å²) in [7, 11) is -3.90. The molecule has 170 valence electrons. The van der Waals surface area contributed by atoms with Crippen LogP contribution in [0.4, 0.5) is 5.88 Å². The standard InChI is InChI=1S/C26H25BrN2O3S/c1-26(2,3)20-11-9-19(10-12-20)23-29-25(33(30,31)22-15-13-21(27)14-16-22)24(32-23)28-17-18-7-5-4-6-8-18/h4-16,28H,17H2,1-3H3. The molecule has 0 spiro atoms. The zero-order valence-corrected chi connectivity index (χ0v) is 21.1. The molecule has 0 bridgehead atoms. The maximum atomic E-state index is 13.4. The van der Waals surface area contributed by atoms with Gasteiger partial charge in [-0.15, -0.1) is 0 Å². The lowest BCUT2D eigenvalue weighted by molar-refractivity contribution is 0.575. The summed E-state index contributed by atoms with van der Waals surface area (Å²) in [5.41, 5.74) is 2.89. The Hall–Kier alpha value is -2.90. The third-order valence-electron chi connectivity index (χ3n) is 5.27. The number of rotatable bonds is 6. The van der Waals surface area contributed by atoms with Gasteiger partial charge in [-0.2, -0.15) is 4.98 Å². The zero-order valence-electron chi connectivity index (χ0n) is 18.7. The molecule has 5 nitrogen and oxygen atoms in total. The predicted octanol–water partition coefficient (Wildman–Crippen LogP) is 6.85. The molecule has 1 heterocycles. The Bertz CT molecular complexity index is 1340. The molecule has 0 amide bonds. The van der Waals surface area contributed by atoms with E-state index in [-0.39, 0.29) is 27.1 Å². The van der Waals surface area contributed by atoms with Crippen molar-refractivity contribution in [1.82, 2.24) is 4.98 Å². The molecular formula is C26H25BrN2O3S. The molecule has 0 aliphatic carbocycles. The zero-order chi connectivity index (χ0) is 23.6. The maximum absolute atomic E-state index is 13.4. The van der Waals surface area contributed by atoms with Gasteiger partial charge in [-0.05, 0) is 52.9 Å². The van der Waals surface area contributed by atoms with Crippen LogP contribution in [-0.4, -0.2) is 13.4 Å². The van der Waals surface area contributed by atoms with Crippen LogP contribution in [0.1, 0.15) is 31.9 Å². The highest BCUT2D eigenvalue weighted by Gasteiger charge is 2.28. The minimum absolute atomic E-state index is 0.00754. The molecule has 0 radical (unpaired) electrons. The van der Waals surface area contributed by atoms with E-state index in [0.717, 1.165) is 10.0 Å². The minimum Gasteiger partial charge on any atom is -0.419 e. The van der Waals surface area contributed by atoms with E-state index in [4.69, 9.17) is 4.42 Å². The van der Waals surface area contributed by atoms with Crippen molar-refractivity contribution in [1.29, 1.82) is 0 Å². The summed E-state index contributed by atoms with van der Waals surface area (Å²) >= 11 is 3.35. The van der Waals surface area contributed by atoms with E-state index in [2.05, 4.69) is 47.0 Å². The van der Waals surface area contributed by atoms with Gasteiger partial charge in [0.05, 0.1) is 4.90 Å². The highest BCUT2D eigenvalue weighted by molar-refractivity contribution is 9.10. The van der Waals surface area contributed by atoms with Gasteiger partial charge in [-0.1, -0.05) is 79.2 Å². The molecule has 0 saturated heterocycles. The van der Waals surface area contributed by atoms with Crippen LogP contribution in [-0.2, 0) is 21.8 Å². The summed E-state index contributed by atoms with van der Waals surface area (Å²) < 4.78 is 33.6. The molecule has 1 N–H and O–H groups in total. The topological polar surface area (TPSA) is 72.2 Å². The quantitative estimate of drug-likeness (QED) is 0.298. The van der Waals surface area contributed by atoms with E-state index in [1.54, 1.807) is 24.3 Å². The van der Waals surface area contributed by atoms with Crippen LogP contribution in [0.15, 0.2) is 97.7 Å². The monoisotopic (exact) mass is 524 g/mol.